The Morgan fingerprint density at radius 1 is 1.04 bits per heavy atom. The molecule has 2 amide bonds. The van der Waals surface area contributed by atoms with Gasteiger partial charge in [0.15, 0.2) is 5.16 Å². The van der Waals surface area contributed by atoms with Gasteiger partial charge in [0.05, 0.1) is 5.75 Å². The quantitative estimate of drug-likeness (QED) is 0.563. The Hall–Kier alpha value is -2.41. The van der Waals surface area contributed by atoms with Gasteiger partial charge in [-0.25, -0.2) is 9.97 Å². The molecule has 2 rings (SSSR count). The molecule has 0 aliphatic rings. The Balaban J connectivity index is 2.04. The number of benzene rings is 1. The minimum Gasteiger partial charge on any atom is -0.369 e. The van der Waals surface area contributed by atoms with Gasteiger partial charge in [0.1, 0.15) is 0 Å². The highest BCUT2D eigenvalue weighted by Crippen LogP contribution is 2.23. The van der Waals surface area contributed by atoms with E-state index in [1.807, 2.05) is 34.6 Å². The highest BCUT2D eigenvalue weighted by Gasteiger charge is 2.13. The lowest BCUT2D eigenvalue weighted by Crippen LogP contribution is -2.16. The molecular weight excluding hydrogens is 360 g/mol. The van der Waals surface area contributed by atoms with Crippen LogP contribution in [0.3, 0.4) is 0 Å². The van der Waals surface area contributed by atoms with Gasteiger partial charge >= 0.3 is 0 Å². The number of nitrogens with zero attached hydrogens (tertiary/aromatic N) is 2. The van der Waals surface area contributed by atoms with E-state index in [1.165, 1.54) is 17.3 Å². The molecule has 0 saturated heterocycles. The van der Waals surface area contributed by atoms with Crippen molar-refractivity contribution in [2.24, 2.45) is 5.73 Å². The van der Waals surface area contributed by atoms with Crippen LogP contribution in [0.4, 0.5) is 5.69 Å². The largest absolute Gasteiger partial charge is 0.369 e. The number of nitrogens with one attached hydrogen (secondary N) is 1. The maximum absolute atomic E-state index is 12.4. The Morgan fingerprint density at radius 2 is 1.59 bits per heavy atom. The van der Waals surface area contributed by atoms with Crippen molar-refractivity contribution < 1.29 is 9.59 Å². The second kappa shape index (κ2) is 8.99. The molecule has 144 valence electrons. The van der Waals surface area contributed by atoms with Crippen molar-refractivity contribution in [1.29, 1.82) is 0 Å². The van der Waals surface area contributed by atoms with Crippen LogP contribution in [-0.4, -0.2) is 27.5 Å². The van der Waals surface area contributed by atoms with E-state index in [2.05, 4.69) is 27.4 Å². The van der Waals surface area contributed by atoms with Gasteiger partial charge in [-0.2, -0.15) is 0 Å². The molecule has 0 radical (unpaired) electrons. The minimum absolute atomic E-state index is 0.0315. The fourth-order valence-corrected chi connectivity index (χ4v) is 3.76. The molecule has 3 N–H and O–H groups in total. The lowest BCUT2D eigenvalue weighted by atomic mass is 10.0. The predicted octanol–water partition coefficient (Wildman–Crippen LogP) is 3.17. The molecule has 2 aromatic rings. The Labute approximate surface area is 164 Å². The Kier molecular flexibility index (Phi) is 6.96. The molecule has 0 aliphatic carbocycles. The van der Waals surface area contributed by atoms with Crippen LogP contribution in [0, 0.1) is 34.6 Å². The van der Waals surface area contributed by atoms with Crippen molar-refractivity contribution in [3.8, 4) is 0 Å². The van der Waals surface area contributed by atoms with Crippen LogP contribution in [0.15, 0.2) is 17.3 Å². The summed E-state index contributed by atoms with van der Waals surface area (Å²) >= 11 is 1.22. The summed E-state index contributed by atoms with van der Waals surface area (Å²) in [5, 5.41) is 3.55. The van der Waals surface area contributed by atoms with Crippen LogP contribution in [0.2, 0.25) is 0 Å². The zero-order valence-electron chi connectivity index (χ0n) is 16.5. The van der Waals surface area contributed by atoms with Crippen molar-refractivity contribution >= 4 is 29.3 Å². The molecule has 1 aromatic carbocycles. The average molecular weight is 387 g/mol. The van der Waals surface area contributed by atoms with Crippen LogP contribution in [0.25, 0.3) is 0 Å². The topological polar surface area (TPSA) is 98.0 Å². The molecule has 6 nitrogen and oxygen atoms in total. The van der Waals surface area contributed by atoms with Gasteiger partial charge in [0, 0.05) is 23.5 Å². The maximum Gasteiger partial charge on any atom is 0.227 e. The lowest BCUT2D eigenvalue weighted by molar-refractivity contribution is -0.116. The summed E-state index contributed by atoms with van der Waals surface area (Å²) < 4.78 is 0. The number of hydrogen-bond acceptors (Lipinski definition) is 5. The zero-order valence-corrected chi connectivity index (χ0v) is 17.3. The third kappa shape index (κ3) is 5.79. The van der Waals surface area contributed by atoms with E-state index in [9.17, 15) is 9.59 Å². The predicted molar refractivity (Wildman–Crippen MR) is 109 cm³/mol. The normalized spacial score (nSPS) is 10.7. The van der Waals surface area contributed by atoms with E-state index < -0.39 is 5.91 Å². The van der Waals surface area contributed by atoms with E-state index in [0.29, 0.717) is 18.0 Å². The van der Waals surface area contributed by atoms with Gasteiger partial charge in [-0.3, -0.25) is 9.59 Å². The van der Waals surface area contributed by atoms with Crippen LogP contribution in [-0.2, 0) is 16.0 Å². The lowest BCUT2D eigenvalue weighted by Gasteiger charge is -2.14. The van der Waals surface area contributed by atoms with E-state index in [0.717, 1.165) is 33.8 Å². The number of carbonyl (C=O) groups is 2. The summed E-state index contributed by atoms with van der Waals surface area (Å²) in [6.45, 7) is 9.83. The number of aromatic nitrogens is 2. The first-order valence-electron chi connectivity index (χ1n) is 8.80. The molecule has 1 heterocycles. The number of thioether (sulfide) groups is 1. The SMILES string of the molecule is Cc1cc(C)c(NC(=O)CCc2c(C)nc(SCC(N)=O)nc2C)c(C)c1. The van der Waals surface area contributed by atoms with Gasteiger partial charge in [-0.15, -0.1) is 0 Å². The molecule has 0 bridgehead atoms. The highest BCUT2D eigenvalue weighted by molar-refractivity contribution is 7.99. The first kappa shape index (κ1) is 20.9. The number of carbonyl (C=O) groups excluding carboxylic acids is 2. The van der Waals surface area contributed by atoms with E-state index in [4.69, 9.17) is 5.73 Å². The van der Waals surface area contributed by atoms with Crippen molar-refractivity contribution in [2.45, 2.75) is 52.6 Å². The molecular formula is C20H26N4O2S. The van der Waals surface area contributed by atoms with E-state index >= 15 is 0 Å². The van der Waals surface area contributed by atoms with Crippen molar-refractivity contribution in [1.82, 2.24) is 9.97 Å². The Bertz CT molecular complexity index is 834. The van der Waals surface area contributed by atoms with Crippen molar-refractivity contribution in [3.63, 3.8) is 0 Å². The third-order valence-electron chi connectivity index (χ3n) is 4.29. The highest BCUT2D eigenvalue weighted by atomic mass is 32.2. The van der Waals surface area contributed by atoms with E-state index in [1.54, 1.807) is 0 Å². The third-order valence-corrected chi connectivity index (χ3v) is 5.16. The monoisotopic (exact) mass is 386 g/mol. The zero-order chi connectivity index (χ0) is 20.1. The summed E-state index contributed by atoms with van der Waals surface area (Å²) in [5.41, 5.74) is 12.0. The van der Waals surface area contributed by atoms with Crippen molar-refractivity contribution in [3.05, 3.63) is 45.8 Å². The number of anilines is 1. The van der Waals surface area contributed by atoms with Crippen LogP contribution < -0.4 is 11.1 Å². The first-order chi connectivity index (χ1) is 12.7. The van der Waals surface area contributed by atoms with Crippen LogP contribution in [0.1, 0.15) is 40.1 Å². The summed E-state index contributed by atoms with van der Waals surface area (Å²) in [5.74, 6) is -0.284. The smallest absolute Gasteiger partial charge is 0.227 e. The fourth-order valence-electron chi connectivity index (χ4n) is 3.09. The number of rotatable bonds is 7. The summed E-state index contributed by atoms with van der Waals surface area (Å²) in [6, 6.07) is 4.13. The summed E-state index contributed by atoms with van der Waals surface area (Å²) in [6.07, 6.45) is 0.916. The molecule has 0 atom stereocenters. The van der Waals surface area contributed by atoms with Crippen LogP contribution >= 0.6 is 11.8 Å². The summed E-state index contributed by atoms with van der Waals surface area (Å²) in [7, 11) is 0. The Morgan fingerprint density at radius 3 is 2.11 bits per heavy atom. The van der Waals surface area contributed by atoms with E-state index in [-0.39, 0.29) is 11.7 Å². The van der Waals surface area contributed by atoms with Gasteiger partial charge in [-0.1, -0.05) is 29.5 Å². The molecule has 0 aliphatic heterocycles. The molecule has 0 fully saturated rings. The molecule has 7 heteroatoms. The van der Waals surface area contributed by atoms with Gasteiger partial charge < -0.3 is 11.1 Å². The van der Waals surface area contributed by atoms with Crippen LogP contribution in [0.5, 0.6) is 0 Å². The number of hydrogen-bond donors (Lipinski definition) is 2. The van der Waals surface area contributed by atoms with Crippen molar-refractivity contribution in [2.75, 3.05) is 11.1 Å². The molecule has 1 aromatic heterocycles. The molecule has 27 heavy (non-hydrogen) atoms. The standard InChI is InChI=1S/C20H26N4O2S/c1-11-8-12(2)19(13(3)9-11)24-18(26)7-6-16-14(4)22-20(23-15(16)5)27-10-17(21)25/h8-9H,6-7,10H2,1-5H3,(H2,21,25)(H,24,26). The second-order valence-corrected chi connectivity index (χ2v) is 7.67. The number of primary amides is 1. The van der Waals surface area contributed by atoms with Gasteiger partial charge in [0.2, 0.25) is 11.8 Å². The van der Waals surface area contributed by atoms with Gasteiger partial charge in [0.25, 0.3) is 0 Å². The summed E-state index contributed by atoms with van der Waals surface area (Å²) in [4.78, 5) is 32.2. The average Bonchev–Trinajstić information content (AvgIpc) is 2.55. The maximum atomic E-state index is 12.4. The molecule has 0 unspecified atom stereocenters. The number of amides is 2. The first-order valence-corrected chi connectivity index (χ1v) is 9.79. The fraction of sp³-hybridized carbons (Fsp3) is 0.400. The number of aryl methyl sites for hydroxylation is 5. The molecule has 0 spiro atoms. The van der Waals surface area contributed by atoms with Gasteiger partial charge in [-0.05, 0) is 57.7 Å². The minimum atomic E-state index is -0.402. The second-order valence-electron chi connectivity index (χ2n) is 6.73. The number of nitrogens with two attached hydrogens (primary N) is 1. The molecule has 0 saturated carbocycles.